The Bertz CT molecular complexity index is 575. The van der Waals surface area contributed by atoms with E-state index < -0.39 is 10.0 Å². The summed E-state index contributed by atoms with van der Waals surface area (Å²) in [5.41, 5.74) is 6.21. The summed E-state index contributed by atoms with van der Waals surface area (Å²) in [4.78, 5) is 2.50. The molecule has 1 aliphatic heterocycles. The summed E-state index contributed by atoms with van der Waals surface area (Å²) in [5, 5.41) is 0. The van der Waals surface area contributed by atoms with E-state index in [4.69, 9.17) is 10.2 Å². The van der Waals surface area contributed by atoms with Gasteiger partial charge in [-0.2, -0.15) is 0 Å². The average Bonchev–Trinajstić information content (AvgIpc) is 2.74. The molecular formula is C14H25N3O3S. The van der Waals surface area contributed by atoms with Crippen molar-refractivity contribution in [1.82, 2.24) is 9.62 Å². The van der Waals surface area contributed by atoms with E-state index in [1.54, 1.807) is 13.8 Å². The number of aryl methyl sites for hydroxylation is 2. The van der Waals surface area contributed by atoms with E-state index in [0.717, 1.165) is 19.6 Å². The lowest BCUT2D eigenvalue weighted by Crippen LogP contribution is -2.37. The van der Waals surface area contributed by atoms with Crippen LogP contribution in [0.4, 0.5) is 0 Å². The van der Waals surface area contributed by atoms with Crippen molar-refractivity contribution in [2.45, 2.75) is 44.6 Å². The molecule has 0 bridgehead atoms. The lowest BCUT2D eigenvalue weighted by atomic mass is 10.1. The maximum Gasteiger partial charge on any atom is 0.244 e. The Morgan fingerprint density at radius 1 is 1.19 bits per heavy atom. The van der Waals surface area contributed by atoms with E-state index in [2.05, 4.69) is 9.62 Å². The topological polar surface area (TPSA) is 88.6 Å². The van der Waals surface area contributed by atoms with Crippen molar-refractivity contribution in [2.75, 3.05) is 26.2 Å². The van der Waals surface area contributed by atoms with Crippen molar-refractivity contribution in [3.05, 3.63) is 17.1 Å². The fourth-order valence-corrected chi connectivity index (χ4v) is 4.37. The van der Waals surface area contributed by atoms with Crippen LogP contribution >= 0.6 is 0 Å². The number of nitrogens with zero attached hydrogens (tertiary/aromatic N) is 1. The van der Waals surface area contributed by atoms with Crippen LogP contribution in [0.25, 0.3) is 0 Å². The van der Waals surface area contributed by atoms with Gasteiger partial charge in [0.1, 0.15) is 16.4 Å². The molecule has 7 heteroatoms. The van der Waals surface area contributed by atoms with Crippen molar-refractivity contribution in [2.24, 2.45) is 5.73 Å². The van der Waals surface area contributed by atoms with E-state index in [1.165, 1.54) is 19.3 Å². The first-order valence-electron chi connectivity index (χ1n) is 7.46. The Hall–Kier alpha value is -0.890. The molecule has 2 heterocycles. The monoisotopic (exact) mass is 315 g/mol. The zero-order valence-electron chi connectivity index (χ0n) is 12.8. The summed E-state index contributed by atoms with van der Waals surface area (Å²) in [5.74, 6) is 0.977. The Morgan fingerprint density at radius 3 is 2.48 bits per heavy atom. The van der Waals surface area contributed by atoms with E-state index in [1.807, 2.05) is 0 Å². The van der Waals surface area contributed by atoms with Crippen molar-refractivity contribution < 1.29 is 12.8 Å². The highest BCUT2D eigenvalue weighted by atomic mass is 32.2. The van der Waals surface area contributed by atoms with Crippen LogP contribution in [0.15, 0.2) is 9.31 Å². The second kappa shape index (κ2) is 6.91. The Kier molecular flexibility index (Phi) is 5.43. The summed E-state index contributed by atoms with van der Waals surface area (Å²) in [7, 11) is -3.56. The van der Waals surface area contributed by atoms with E-state index in [0.29, 0.717) is 23.6 Å². The number of sulfonamides is 1. The van der Waals surface area contributed by atoms with Gasteiger partial charge in [-0.15, -0.1) is 0 Å². The number of likely N-dealkylation sites (tertiary alicyclic amines) is 1. The summed E-state index contributed by atoms with van der Waals surface area (Å²) in [6, 6.07) is 0. The molecule has 0 radical (unpaired) electrons. The number of nitrogens with two attached hydrogens (primary N) is 1. The fourth-order valence-electron chi connectivity index (χ4n) is 2.89. The third-order valence-corrected chi connectivity index (χ3v) is 5.62. The van der Waals surface area contributed by atoms with E-state index >= 15 is 0 Å². The third kappa shape index (κ3) is 3.85. The standard InChI is InChI=1S/C14H25N3O3S/c1-11-13(10-15)14(12(2)20-11)21(18,19)16-6-9-17-7-4-3-5-8-17/h16H,3-10,15H2,1-2H3. The van der Waals surface area contributed by atoms with Crippen molar-refractivity contribution in [3.63, 3.8) is 0 Å². The molecule has 2 rings (SSSR count). The van der Waals surface area contributed by atoms with Gasteiger partial charge in [0.05, 0.1) is 0 Å². The highest BCUT2D eigenvalue weighted by Crippen LogP contribution is 2.25. The highest BCUT2D eigenvalue weighted by Gasteiger charge is 2.26. The second-order valence-corrected chi connectivity index (χ2v) is 7.23. The van der Waals surface area contributed by atoms with Gasteiger partial charge in [0, 0.05) is 25.2 Å². The van der Waals surface area contributed by atoms with Crippen LogP contribution in [0.1, 0.15) is 36.3 Å². The molecule has 0 aromatic carbocycles. The van der Waals surface area contributed by atoms with Gasteiger partial charge in [-0.1, -0.05) is 6.42 Å². The summed E-state index contributed by atoms with van der Waals surface area (Å²) >= 11 is 0. The maximum atomic E-state index is 12.4. The zero-order valence-corrected chi connectivity index (χ0v) is 13.6. The normalized spacial score (nSPS) is 17.3. The minimum absolute atomic E-state index is 0.158. The smallest absolute Gasteiger partial charge is 0.244 e. The quantitative estimate of drug-likeness (QED) is 0.821. The van der Waals surface area contributed by atoms with Gasteiger partial charge in [0.15, 0.2) is 0 Å². The summed E-state index contributed by atoms with van der Waals surface area (Å²) < 4.78 is 33.0. The molecule has 1 aromatic rings. The first-order valence-corrected chi connectivity index (χ1v) is 8.95. The molecule has 0 aliphatic carbocycles. The number of rotatable bonds is 6. The van der Waals surface area contributed by atoms with Gasteiger partial charge in [0.2, 0.25) is 10.0 Å². The number of nitrogens with one attached hydrogen (secondary N) is 1. The molecule has 1 aliphatic rings. The Balaban J connectivity index is 2.01. The lowest BCUT2D eigenvalue weighted by Gasteiger charge is -2.26. The molecule has 0 saturated carbocycles. The van der Waals surface area contributed by atoms with Crippen LogP contribution in [-0.4, -0.2) is 39.5 Å². The predicted molar refractivity (Wildman–Crippen MR) is 81.6 cm³/mol. The predicted octanol–water partition coefficient (Wildman–Crippen LogP) is 1.12. The van der Waals surface area contributed by atoms with E-state index in [-0.39, 0.29) is 11.4 Å². The highest BCUT2D eigenvalue weighted by molar-refractivity contribution is 7.89. The molecule has 0 amide bonds. The molecule has 6 nitrogen and oxygen atoms in total. The average molecular weight is 315 g/mol. The van der Waals surface area contributed by atoms with Crippen LogP contribution in [0.5, 0.6) is 0 Å². The molecular weight excluding hydrogens is 290 g/mol. The third-order valence-electron chi connectivity index (χ3n) is 3.97. The van der Waals surface area contributed by atoms with Gasteiger partial charge in [-0.3, -0.25) is 0 Å². The van der Waals surface area contributed by atoms with Crippen LogP contribution in [-0.2, 0) is 16.6 Å². The first-order chi connectivity index (χ1) is 9.95. The molecule has 3 N–H and O–H groups in total. The van der Waals surface area contributed by atoms with Crippen molar-refractivity contribution >= 4 is 10.0 Å². The molecule has 0 atom stereocenters. The first kappa shape index (κ1) is 16.5. The fraction of sp³-hybridized carbons (Fsp3) is 0.714. The van der Waals surface area contributed by atoms with Gasteiger partial charge < -0.3 is 15.1 Å². The number of hydrogen-bond acceptors (Lipinski definition) is 5. The van der Waals surface area contributed by atoms with Crippen LogP contribution in [0, 0.1) is 13.8 Å². The number of piperidine rings is 1. The van der Waals surface area contributed by atoms with Crippen LogP contribution in [0.3, 0.4) is 0 Å². The largest absolute Gasteiger partial charge is 0.465 e. The summed E-state index contributed by atoms with van der Waals surface area (Å²) in [6.07, 6.45) is 3.67. The Morgan fingerprint density at radius 2 is 1.86 bits per heavy atom. The van der Waals surface area contributed by atoms with Gasteiger partial charge in [0.25, 0.3) is 0 Å². The second-order valence-electron chi connectivity index (χ2n) is 5.53. The van der Waals surface area contributed by atoms with Crippen molar-refractivity contribution in [1.29, 1.82) is 0 Å². The molecule has 120 valence electrons. The maximum absolute atomic E-state index is 12.4. The van der Waals surface area contributed by atoms with Crippen molar-refractivity contribution in [3.8, 4) is 0 Å². The molecule has 0 spiro atoms. The molecule has 1 aromatic heterocycles. The lowest BCUT2D eigenvalue weighted by molar-refractivity contribution is 0.232. The van der Waals surface area contributed by atoms with Crippen LogP contribution in [0.2, 0.25) is 0 Å². The van der Waals surface area contributed by atoms with Crippen LogP contribution < -0.4 is 10.5 Å². The number of hydrogen-bond donors (Lipinski definition) is 2. The molecule has 1 saturated heterocycles. The summed E-state index contributed by atoms with van der Waals surface area (Å²) in [6.45, 7) is 6.82. The molecule has 0 unspecified atom stereocenters. The van der Waals surface area contributed by atoms with E-state index in [9.17, 15) is 8.42 Å². The SMILES string of the molecule is Cc1oc(C)c(S(=O)(=O)NCCN2CCCCC2)c1CN. The Labute approximate surface area is 126 Å². The molecule has 1 fully saturated rings. The molecule has 21 heavy (non-hydrogen) atoms. The zero-order chi connectivity index (χ0) is 15.5. The minimum atomic E-state index is -3.56. The van der Waals surface area contributed by atoms with Gasteiger partial charge in [-0.25, -0.2) is 13.1 Å². The minimum Gasteiger partial charge on any atom is -0.465 e. The van der Waals surface area contributed by atoms with Gasteiger partial charge >= 0.3 is 0 Å². The van der Waals surface area contributed by atoms with Gasteiger partial charge in [-0.05, 0) is 39.8 Å². The number of furan rings is 1.